The Kier molecular flexibility index (Phi) is 4.23. The largest absolute Gasteiger partial charge is 0.386 e. The Labute approximate surface area is 134 Å². The fourth-order valence-electron chi connectivity index (χ4n) is 2.37. The van der Waals surface area contributed by atoms with Crippen molar-refractivity contribution in [3.05, 3.63) is 63.0 Å². The second-order valence-corrected chi connectivity index (χ2v) is 6.28. The molecule has 0 aliphatic heterocycles. The van der Waals surface area contributed by atoms with E-state index in [1.807, 2.05) is 6.92 Å². The van der Waals surface area contributed by atoms with Crippen LogP contribution >= 0.6 is 11.3 Å². The van der Waals surface area contributed by atoms with Crippen molar-refractivity contribution in [2.24, 2.45) is 0 Å². The lowest BCUT2D eigenvalue weighted by atomic mass is 10.1. The van der Waals surface area contributed by atoms with Crippen LogP contribution in [-0.4, -0.2) is 14.7 Å². The molecule has 0 aliphatic rings. The number of aromatic nitrogens is 2. The molecule has 3 rings (SSSR count). The third-order valence-electron chi connectivity index (χ3n) is 3.60. The van der Waals surface area contributed by atoms with Crippen LogP contribution in [0.2, 0.25) is 0 Å². The summed E-state index contributed by atoms with van der Waals surface area (Å²) in [6.45, 7) is 1.79. The molecule has 2 aromatic heterocycles. The van der Waals surface area contributed by atoms with E-state index >= 15 is 0 Å². The standard InChI is InChI=1S/C16H14F2N2O2S/c1-2-10-6-12-15(23-10)19-8-20(16(12)22)7-14(21)11-5-9(17)3-4-13(11)18/h3-6,8,14,21H,2,7H2,1H3. The first-order valence-electron chi connectivity index (χ1n) is 7.10. The highest BCUT2D eigenvalue weighted by Gasteiger charge is 2.16. The summed E-state index contributed by atoms with van der Waals surface area (Å²) in [6.07, 6.45) is 0.783. The maximum absolute atomic E-state index is 13.7. The van der Waals surface area contributed by atoms with Crippen molar-refractivity contribution in [1.82, 2.24) is 9.55 Å². The molecule has 0 amide bonds. The van der Waals surface area contributed by atoms with Crippen LogP contribution in [0, 0.1) is 11.6 Å². The Morgan fingerprint density at radius 3 is 2.87 bits per heavy atom. The average Bonchev–Trinajstić information content (AvgIpc) is 2.96. The van der Waals surface area contributed by atoms with Gasteiger partial charge in [0.25, 0.3) is 5.56 Å². The number of hydrogen-bond donors (Lipinski definition) is 1. The minimum absolute atomic E-state index is 0.184. The van der Waals surface area contributed by atoms with Gasteiger partial charge in [-0.1, -0.05) is 6.92 Å². The van der Waals surface area contributed by atoms with E-state index in [1.54, 1.807) is 6.07 Å². The molecular weight excluding hydrogens is 322 g/mol. The summed E-state index contributed by atoms with van der Waals surface area (Å²) in [5, 5.41) is 10.6. The van der Waals surface area contributed by atoms with Gasteiger partial charge in [0, 0.05) is 10.4 Å². The molecule has 2 heterocycles. The number of aliphatic hydroxyl groups excluding tert-OH is 1. The summed E-state index contributed by atoms with van der Waals surface area (Å²) >= 11 is 1.44. The number of thiophene rings is 1. The van der Waals surface area contributed by atoms with Crippen molar-refractivity contribution < 1.29 is 13.9 Å². The van der Waals surface area contributed by atoms with E-state index < -0.39 is 17.7 Å². The molecule has 7 heteroatoms. The molecule has 23 heavy (non-hydrogen) atoms. The molecule has 4 nitrogen and oxygen atoms in total. The van der Waals surface area contributed by atoms with Gasteiger partial charge in [-0.25, -0.2) is 13.8 Å². The number of hydrogen-bond acceptors (Lipinski definition) is 4. The molecule has 0 radical (unpaired) electrons. The van der Waals surface area contributed by atoms with E-state index in [9.17, 15) is 18.7 Å². The molecule has 120 valence electrons. The van der Waals surface area contributed by atoms with E-state index in [-0.39, 0.29) is 17.7 Å². The third-order valence-corrected chi connectivity index (χ3v) is 4.79. The van der Waals surface area contributed by atoms with E-state index in [0.717, 1.165) is 29.5 Å². The Bertz CT molecular complexity index is 920. The second-order valence-electron chi connectivity index (χ2n) is 5.17. The van der Waals surface area contributed by atoms with Gasteiger partial charge in [0.2, 0.25) is 0 Å². The molecule has 1 atom stereocenters. The average molecular weight is 336 g/mol. The van der Waals surface area contributed by atoms with Gasteiger partial charge in [-0.2, -0.15) is 0 Å². The monoisotopic (exact) mass is 336 g/mol. The summed E-state index contributed by atoms with van der Waals surface area (Å²) in [7, 11) is 0. The van der Waals surface area contributed by atoms with Crippen LogP contribution in [0.4, 0.5) is 8.78 Å². The van der Waals surface area contributed by atoms with E-state index in [2.05, 4.69) is 4.98 Å². The lowest BCUT2D eigenvalue weighted by molar-refractivity contribution is 0.150. The predicted octanol–water partition coefficient (Wildman–Crippen LogP) is 3.03. The van der Waals surface area contributed by atoms with E-state index in [0.29, 0.717) is 10.2 Å². The fraction of sp³-hybridized carbons (Fsp3) is 0.250. The molecule has 3 aromatic rings. The molecule has 1 unspecified atom stereocenters. The normalized spacial score (nSPS) is 12.7. The first kappa shape index (κ1) is 15.8. The number of nitrogens with zero attached hydrogens (tertiary/aromatic N) is 2. The smallest absolute Gasteiger partial charge is 0.262 e. The number of aliphatic hydroxyl groups is 1. The lowest BCUT2D eigenvalue weighted by Gasteiger charge is -2.13. The first-order chi connectivity index (χ1) is 11.0. The van der Waals surface area contributed by atoms with Crippen LogP contribution in [0.5, 0.6) is 0 Å². The van der Waals surface area contributed by atoms with Crippen molar-refractivity contribution in [2.45, 2.75) is 26.0 Å². The highest BCUT2D eigenvalue weighted by Crippen LogP contribution is 2.22. The zero-order chi connectivity index (χ0) is 16.6. The van der Waals surface area contributed by atoms with Crippen LogP contribution < -0.4 is 5.56 Å². The summed E-state index contributed by atoms with van der Waals surface area (Å²) < 4.78 is 28.1. The van der Waals surface area contributed by atoms with Crippen LogP contribution in [-0.2, 0) is 13.0 Å². The van der Waals surface area contributed by atoms with Gasteiger partial charge in [-0.3, -0.25) is 9.36 Å². The summed E-state index contributed by atoms with van der Waals surface area (Å²) in [6, 6.07) is 4.63. The van der Waals surface area contributed by atoms with Gasteiger partial charge in [0.05, 0.1) is 24.4 Å². The summed E-state index contributed by atoms with van der Waals surface area (Å²) in [5.41, 5.74) is -0.488. The van der Waals surface area contributed by atoms with Crippen LogP contribution in [0.1, 0.15) is 23.5 Å². The maximum atomic E-state index is 13.7. The van der Waals surface area contributed by atoms with Gasteiger partial charge in [0.15, 0.2) is 0 Å². The number of aryl methyl sites for hydroxylation is 1. The SMILES string of the molecule is CCc1cc2c(=O)n(CC(O)c3cc(F)ccc3F)cnc2s1. The Balaban J connectivity index is 1.96. The number of halogens is 2. The Morgan fingerprint density at radius 2 is 2.13 bits per heavy atom. The molecule has 1 aromatic carbocycles. The molecule has 1 N–H and O–H groups in total. The highest BCUT2D eigenvalue weighted by atomic mass is 32.1. The zero-order valence-corrected chi connectivity index (χ0v) is 13.1. The number of benzene rings is 1. The maximum Gasteiger partial charge on any atom is 0.262 e. The van der Waals surface area contributed by atoms with Gasteiger partial charge >= 0.3 is 0 Å². The lowest BCUT2D eigenvalue weighted by Crippen LogP contribution is -2.23. The first-order valence-corrected chi connectivity index (χ1v) is 7.92. The molecule has 0 fully saturated rings. The van der Waals surface area contributed by atoms with Crippen molar-refractivity contribution in [1.29, 1.82) is 0 Å². The number of fused-ring (bicyclic) bond motifs is 1. The molecule has 0 bridgehead atoms. The van der Waals surface area contributed by atoms with E-state index in [4.69, 9.17) is 0 Å². The fourth-order valence-corrected chi connectivity index (χ4v) is 3.29. The van der Waals surface area contributed by atoms with E-state index in [1.165, 1.54) is 22.2 Å². The van der Waals surface area contributed by atoms with Gasteiger partial charge in [-0.05, 0) is 30.7 Å². The predicted molar refractivity (Wildman–Crippen MR) is 84.6 cm³/mol. The molecule has 0 saturated carbocycles. The molecule has 0 saturated heterocycles. The second kappa shape index (κ2) is 6.17. The van der Waals surface area contributed by atoms with Gasteiger partial charge in [0.1, 0.15) is 16.5 Å². The van der Waals surface area contributed by atoms with Crippen LogP contribution in [0.25, 0.3) is 10.2 Å². The highest BCUT2D eigenvalue weighted by molar-refractivity contribution is 7.18. The van der Waals surface area contributed by atoms with Crippen molar-refractivity contribution >= 4 is 21.6 Å². The quantitative estimate of drug-likeness (QED) is 0.797. The zero-order valence-electron chi connectivity index (χ0n) is 12.3. The number of rotatable bonds is 4. The van der Waals surface area contributed by atoms with Crippen molar-refractivity contribution in [3.63, 3.8) is 0 Å². The Morgan fingerprint density at radius 1 is 1.35 bits per heavy atom. The minimum atomic E-state index is -1.34. The third kappa shape index (κ3) is 3.02. The molecule has 0 aliphatic carbocycles. The van der Waals surface area contributed by atoms with Crippen LogP contribution in [0.3, 0.4) is 0 Å². The van der Waals surface area contributed by atoms with Gasteiger partial charge < -0.3 is 5.11 Å². The summed E-state index contributed by atoms with van der Waals surface area (Å²) in [4.78, 5) is 18.3. The molecular formula is C16H14F2N2O2S. The van der Waals surface area contributed by atoms with Crippen LogP contribution in [0.15, 0.2) is 35.4 Å². The van der Waals surface area contributed by atoms with Crippen molar-refractivity contribution in [3.8, 4) is 0 Å². The minimum Gasteiger partial charge on any atom is -0.386 e. The molecule has 0 spiro atoms. The van der Waals surface area contributed by atoms with Gasteiger partial charge in [-0.15, -0.1) is 11.3 Å². The Hall–Kier alpha value is -2.12. The van der Waals surface area contributed by atoms with Crippen molar-refractivity contribution in [2.75, 3.05) is 0 Å². The topological polar surface area (TPSA) is 55.1 Å². The summed E-state index contributed by atoms with van der Waals surface area (Å²) in [5.74, 6) is -1.36.